The van der Waals surface area contributed by atoms with E-state index in [2.05, 4.69) is 24.8 Å². The number of β-amino-alcohol motifs (C(OH)–C–C–N with tert-alkyl or cyclic N) is 1. The smallest absolute Gasteiger partial charge is 0.156 e. The molecule has 0 aromatic carbocycles. The van der Waals surface area contributed by atoms with Gasteiger partial charge >= 0.3 is 0 Å². The van der Waals surface area contributed by atoms with Crippen molar-refractivity contribution in [1.82, 2.24) is 24.8 Å². The Bertz CT molecular complexity index is 582. The summed E-state index contributed by atoms with van der Waals surface area (Å²) in [6.45, 7) is 4.89. The van der Waals surface area contributed by atoms with E-state index in [0.29, 0.717) is 5.92 Å². The number of likely N-dealkylation sites (tertiary alicyclic amines) is 1. The molecule has 1 aliphatic heterocycles. The van der Waals surface area contributed by atoms with E-state index in [9.17, 15) is 0 Å². The molecule has 3 heterocycles. The van der Waals surface area contributed by atoms with Crippen molar-refractivity contribution in [2.75, 3.05) is 26.2 Å². The monoisotopic (exact) mass is 287 g/mol. The average Bonchev–Trinajstić information content (AvgIpc) is 3.01. The fourth-order valence-corrected chi connectivity index (χ4v) is 2.97. The maximum atomic E-state index is 9.11. The van der Waals surface area contributed by atoms with Crippen molar-refractivity contribution in [3.63, 3.8) is 0 Å². The van der Waals surface area contributed by atoms with Crippen LogP contribution in [0.3, 0.4) is 0 Å². The molecule has 112 valence electrons. The lowest BCUT2D eigenvalue weighted by Gasteiger charge is -2.32. The molecule has 21 heavy (non-hydrogen) atoms. The van der Waals surface area contributed by atoms with Crippen molar-refractivity contribution in [3.8, 4) is 11.5 Å². The molecule has 0 saturated carbocycles. The maximum Gasteiger partial charge on any atom is 0.156 e. The first-order chi connectivity index (χ1) is 10.3. The van der Waals surface area contributed by atoms with Gasteiger partial charge in [0.15, 0.2) is 5.82 Å². The molecule has 2 N–H and O–H groups in total. The molecule has 6 nitrogen and oxygen atoms in total. The van der Waals surface area contributed by atoms with Crippen LogP contribution in [0.2, 0.25) is 0 Å². The number of piperidine rings is 1. The largest absolute Gasteiger partial charge is 0.395 e. The second-order valence-corrected chi connectivity index (χ2v) is 5.53. The highest BCUT2D eigenvalue weighted by atomic mass is 16.3. The summed E-state index contributed by atoms with van der Waals surface area (Å²) in [7, 11) is 0. The summed E-state index contributed by atoms with van der Waals surface area (Å²) in [5, 5.41) is 9.11. The Kier molecular flexibility index (Phi) is 4.26. The van der Waals surface area contributed by atoms with Crippen LogP contribution in [0.1, 0.15) is 30.3 Å². The van der Waals surface area contributed by atoms with Crippen molar-refractivity contribution in [3.05, 3.63) is 30.0 Å². The number of aliphatic hydroxyl groups is 1. The number of aromatic nitrogens is 4. The van der Waals surface area contributed by atoms with E-state index in [-0.39, 0.29) is 6.61 Å². The SMILES string of the molecule is Cc1nc(-c2ncc[nH]2)cc([C@H]2CCCN(CCO)C2)n1. The molecule has 1 saturated heterocycles. The van der Waals surface area contributed by atoms with Crippen LogP contribution in [0.15, 0.2) is 18.5 Å². The first kappa shape index (κ1) is 14.2. The van der Waals surface area contributed by atoms with Crippen molar-refractivity contribution < 1.29 is 5.11 Å². The topological polar surface area (TPSA) is 77.9 Å². The molecule has 3 rings (SSSR count). The van der Waals surface area contributed by atoms with E-state index in [1.807, 2.05) is 13.0 Å². The van der Waals surface area contributed by atoms with Crippen molar-refractivity contribution in [2.24, 2.45) is 0 Å². The minimum absolute atomic E-state index is 0.215. The first-order valence-electron chi connectivity index (χ1n) is 7.45. The third kappa shape index (κ3) is 3.28. The Balaban J connectivity index is 1.84. The number of hydrogen-bond acceptors (Lipinski definition) is 5. The van der Waals surface area contributed by atoms with Crippen molar-refractivity contribution in [1.29, 1.82) is 0 Å². The number of rotatable bonds is 4. The second-order valence-electron chi connectivity index (χ2n) is 5.53. The predicted octanol–water partition coefficient (Wildman–Crippen LogP) is 1.35. The van der Waals surface area contributed by atoms with E-state index in [0.717, 1.165) is 55.5 Å². The molecule has 1 fully saturated rings. The number of H-pyrrole nitrogens is 1. The van der Waals surface area contributed by atoms with Gasteiger partial charge in [-0.1, -0.05) is 0 Å². The third-order valence-corrected chi connectivity index (χ3v) is 3.94. The lowest BCUT2D eigenvalue weighted by molar-refractivity contribution is 0.160. The van der Waals surface area contributed by atoms with Crippen molar-refractivity contribution >= 4 is 0 Å². The van der Waals surface area contributed by atoms with Crippen LogP contribution in [-0.2, 0) is 0 Å². The van der Waals surface area contributed by atoms with E-state index < -0.39 is 0 Å². The summed E-state index contributed by atoms with van der Waals surface area (Å²) in [5.41, 5.74) is 1.93. The van der Waals surface area contributed by atoms with E-state index in [1.54, 1.807) is 12.4 Å². The highest BCUT2D eigenvalue weighted by molar-refractivity contribution is 5.49. The minimum Gasteiger partial charge on any atom is -0.395 e. The molecule has 2 aromatic rings. The van der Waals surface area contributed by atoms with Crippen LogP contribution < -0.4 is 0 Å². The van der Waals surface area contributed by atoms with Crippen LogP contribution in [-0.4, -0.2) is 56.2 Å². The van der Waals surface area contributed by atoms with Gasteiger partial charge in [0.1, 0.15) is 11.5 Å². The van der Waals surface area contributed by atoms with Gasteiger partial charge in [0.05, 0.1) is 6.61 Å². The number of nitrogens with zero attached hydrogens (tertiary/aromatic N) is 4. The third-order valence-electron chi connectivity index (χ3n) is 3.94. The van der Waals surface area contributed by atoms with Gasteiger partial charge in [-0.3, -0.25) is 0 Å². The molecule has 0 spiro atoms. The van der Waals surface area contributed by atoms with Crippen LogP contribution >= 0.6 is 0 Å². The standard InChI is InChI=1S/C15H21N5O/c1-11-18-13(9-14(19-11)15-16-4-5-17-15)12-3-2-6-20(10-12)7-8-21/h4-5,9,12,21H,2-3,6-8,10H2,1H3,(H,16,17)/t12-/m0/s1. The zero-order chi connectivity index (χ0) is 14.7. The summed E-state index contributed by atoms with van der Waals surface area (Å²) in [4.78, 5) is 18.8. The van der Waals surface area contributed by atoms with Gasteiger partial charge in [-0.15, -0.1) is 0 Å². The maximum absolute atomic E-state index is 9.11. The number of aryl methyl sites for hydroxylation is 1. The molecule has 0 amide bonds. The average molecular weight is 287 g/mol. The number of aliphatic hydroxyl groups excluding tert-OH is 1. The Morgan fingerprint density at radius 3 is 3.10 bits per heavy atom. The summed E-state index contributed by atoms with van der Waals surface area (Å²) < 4.78 is 0. The van der Waals surface area contributed by atoms with E-state index >= 15 is 0 Å². The minimum atomic E-state index is 0.215. The zero-order valence-corrected chi connectivity index (χ0v) is 12.3. The number of hydrogen-bond donors (Lipinski definition) is 2. The molecule has 1 aliphatic rings. The Morgan fingerprint density at radius 2 is 2.33 bits per heavy atom. The number of aromatic amines is 1. The summed E-state index contributed by atoms with van der Waals surface area (Å²) in [6, 6.07) is 2.04. The highest BCUT2D eigenvalue weighted by Crippen LogP contribution is 2.27. The number of imidazole rings is 1. The van der Waals surface area contributed by atoms with Gasteiger partial charge in [-0.2, -0.15) is 0 Å². The lowest BCUT2D eigenvalue weighted by atomic mass is 9.94. The summed E-state index contributed by atoms with van der Waals surface area (Å²) >= 11 is 0. The van der Waals surface area contributed by atoms with Gasteiger partial charge in [0, 0.05) is 37.1 Å². The normalized spacial score (nSPS) is 19.8. The Labute approximate surface area is 124 Å². The quantitative estimate of drug-likeness (QED) is 0.887. The van der Waals surface area contributed by atoms with Gasteiger partial charge in [0.25, 0.3) is 0 Å². The Hall–Kier alpha value is -1.79. The molecule has 0 radical (unpaired) electrons. The lowest BCUT2D eigenvalue weighted by Crippen LogP contribution is -2.36. The molecule has 2 aromatic heterocycles. The molecular formula is C15H21N5O. The van der Waals surface area contributed by atoms with Gasteiger partial charge in [-0.25, -0.2) is 15.0 Å². The van der Waals surface area contributed by atoms with Gasteiger partial charge < -0.3 is 15.0 Å². The fraction of sp³-hybridized carbons (Fsp3) is 0.533. The predicted molar refractivity (Wildman–Crippen MR) is 79.9 cm³/mol. The van der Waals surface area contributed by atoms with E-state index in [4.69, 9.17) is 5.11 Å². The van der Waals surface area contributed by atoms with E-state index in [1.165, 1.54) is 0 Å². The zero-order valence-electron chi connectivity index (χ0n) is 12.3. The first-order valence-corrected chi connectivity index (χ1v) is 7.45. The highest BCUT2D eigenvalue weighted by Gasteiger charge is 2.23. The summed E-state index contributed by atoms with van der Waals surface area (Å²) in [6.07, 6.45) is 5.81. The molecule has 6 heteroatoms. The molecular weight excluding hydrogens is 266 g/mol. The Morgan fingerprint density at radius 1 is 1.43 bits per heavy atom. The molecule has 0 unspecified atom stereocenters. The number of nitrogens with one attached hydrogen (secondary N) is 1. The molecule has 1 atom stereocenters. The second kappa shape index (κ2) is 6.32. The summed E-state index contributed by atoms with van der Waals surface area (Å²) in [5.74, 6) is 1.96. The molecule has 0 aliphatic carbocycles. The van der Waals surface area contributed by atoms with Crippen molar-refractivity contribution in [2.45, 2.75) is 25.7 Å². The van der Waals surface area contributed by atoms with Crippen LogP contribution in [0, 0.1) is 6.92 Å². The fourth-order valence-electron chi connectivity index (χ4n) is 2.97. The molecule has 0 bridgehead atoms. The van der Waals surface area contributed by atoms with Gasteiger partial charge in [0.2, 0.25) is 0 Å². The van der Waals surface area contributed by atoms with Crippen LogP contribution in [0.25, 0.3) is 11.5 Å². The van der Waals surface area contributed by atoms with Crippen LogP contribution in [0.5, 0.6) is 0 Å². The van der Waals surface area contributed by atoms with Crippen LogP contribution in [0.4, 0.5) is 0 Å². The van der Waals surface area contributed by atoms with Gasteiger partial charge in [-0.05, 0) is 32.4 Å².